The molecule has 3 N–H and O–H groups in total. The van der Waals surface area contributed by atoms with Crippen molar-refractivity contribution in [2.45, 2.75) is 42.7 Å². The lowest BCUT2D eigenvalue weighted by molar-refractivity contribution is -0.162. The van der Waals surface area contributed by atoms with Crippen molar-refractivity contribution in [3.8, 4) is 5.88 Å². The van der Waals surface area contributed by atoms with Crippen molar-refractivity contribution >= 4 is 6.03 Å². The van der Waals surface area contributed by atoms with Crippen LogP contribution in [0.3, 0.4) is 0 Å². The molecule has 0 saturated heterocycles. The molecule has 2 bridgehead atoms. The number of aliphatic hydroxyl groups is 1. The van der Waals surface area contributed by atoms with E-state index in [0.29, 0.717) is 5.56 Å². The smallest absolute Gasteiger partial charge is 0.422 e. The third kappa shape index (κ3) is 3.94. The summed E-state index contributed by atoms with van der Waals surface area (Å²) in [4.78, 5) is 15.7. The number of urea groups is 1. The van der Waals surface area contributed by atoms with Gasteiger partial charge in [0.1, 0.15) is 5.67 Å². The van der Waals surface area contributed by atoms with E-state index >= 15 is 0 Å². The van der Waals surface area contributed by atoms with Gasteiger partial charge >= 0.3 is 12.2 Å². The Bertz CT molecular complexity index is 648. The van der Waals surface area contributed by atoms with Crippen molar-refractivity contribution in [3.05, 3.63) is 23.9 Å². The molecule has 4 rings (SSSR count). The van der Waals surface area contributed by atoms with E-state index in [0.717, 1.165) is 0 Å². The van der Waals surface area contributed by atoms with E-state index in [1.54, 1.807) is 0 Å². The fourth-order valence-corrected chi connectivity index (χ4v) is 3.34. The van der Waals surface area contributed by atoms with Crippen LogP contribution in [-0.2, 0) is 0 Å². The van der Waals surface area contributed by atoms with Gasteiger partial charge in [-0.3, -0.25) is 0 Å². The van der Waals surface area contributed by atoms with E-state index in [9.17, 15) is 27.5 Å². The van der Waals surface area contributed by atoms with Gasteiger partial charge in [-0.1, -0.05) is 0 Å². The summed E-state index contributed by atoms with van der Waals surface area (Å²) in [5.74, 6) is -0.269. The van der Waals surface area contributed by atoms with Gasteiger partial charge in [0, 0.05) is 31.5 Å². The Kier molecular flexibility index (Phi) is 4.26. The van der Waals surface area contributed by atoms with Crippen LogP contribution in [0.25, 0.3) is 0 Å². The fraction of sp³-hybridized carbons (Fsp3) is 0.600. The number of carbonyl (C=O) groups is 1. The SMILES string of the molecule is O=C(NC(CO)c1ccnc(OCC(F)(F)F)c1)NC12CC(F)(C1)C2. The highest BCUT2D eigenvalue weighted by molar-refractivity contribution is 5.76. The number of carbonyl (C=O) groups excluding carboxylic acids is 1. The number of halogens is 4. The minimum absolute atomic E-state index is 0.269. The Hall–Kier alpha value is -2.10. The van der Waals surface area contributed by atoms with Crippen LogP contribution in [0.5, 0.6) is 5.88 Å². The Morgan fingerprint density at radius 2 is 2.08 bits per heavy atom. The molecule has 0 radical (unpaired) electrons. The molecule has 3 fully saturated rings. The van der Waals surface area contributed by atoms with Gasteiger partial charge in [-0.05, 0) is 11.6 Å². The fourth-order valence-electron chi connectivity index (χ4n) is 3.34. The molecule has 25 heavy (non-hydrogen) atoms. The molecule has 1 heterocycles. The van der Waals surface area contributed by atoms with E-state index in [1.165, 1.54) is 18.3 Å². The maximum Gasteiger partial charge on any atom is 0.422 e. The van der Waals surface area contributed by atoms with Gasteiger partial charge in [0.05, 0.1) is 18.2 Å². The Balaban J connectivity index is 1.57. The van der Waals surface area contributed by atoms with Gasteiger partial charge in [-0.25, -0.2) is 14.2 Å². The number of pyridine rings is 1. The van der Waals surface area contributed by atoms with E-state index in [4.69, 9.17) is 0 Å². The molecular weight excluding hydrogens is 346 g/mol. The summed E-state index contributed by atoms with van der Waals surface area (Å²) in [6.07, 6.45) is -2.44. The summed E-state index contributed by atoms with van der Waals surface area (Å²) in [5, 5.41) is 14.7. The quantitative estimate of drug-likeness (QED) is 0.675. The molecular formula is C15H17F4N3O3. The zero-order valence-electron chi connectivity index (χ0n) is 13.1. The number of nitrogens with zero attached hydrogens (tertiary/aromatic N) is 1. The number of hydrogen-bond acceptors (Lipinski definition) is 4. The molecule has 10 heteroatoms. The minimum atomic E-state index is -4.50. The maximum atomic E-state index is 13.4. The molecule has 3 saturated carbocycles. The average Bonchev–Trinajstić information content (AvgIpc) is 2.47. The summed E-state index contributed by atoms with van der Waals surface area (Å²) >= 11 is 0. The van der Waals surface area contributed by atoms with Gasteiger partial charge in [-0.2, -0.15) is 13.2 Å². The van der Waals surface area contributed by atoms with Crippen molar-refractivity contribution in [1.82, 2.24) is 15.6 Å². The third-order valence-corrected chi connectivity index (χ3v) is 4.38. The number of rotatable bonds is 6. The van der Waals surface area contributed by atoms with Crippen LogP contribution in [0.15, 0.2) is 18.3 Å². The maximum absolute atomic E-state index is 13.4. The molecule has 0 aromatic carbocycles. The number of alkyl halides is 4. The summed E-state index contributed by atoms with van der Waals surface area (Å²) in [6, 6.07) is 1.22. The predicted octanol–water partition coefficient (Wildman–Crippen LogP) is 2.00. The second-order valence-corrected chi connectivity index (χ2v) is 6.63. The number of nitrogens with one attached hydrogen (secondary N) is 2. The first-order valence-corrected chi connectivity index (χ1v) is 7.66. The summed E-state index contributed by atoms with van der Waals surface area (Å²) in [6.45, 7) is -1.97. The van der Waals surface area contributed by atoms with Crippen LogP contribution in [-0.4, -0.2) is 46.7 Å². The molecule has 1 aromatic rings. The standard InChI is InChI=1S/C15H17F4N3O3/c16-13-5-14(6-13,7-13)22-12(24)21-10(4-23)9-1-2-20-11(3-9)25-8-15(17,18)19/h1-3,10,23H,4-8H2,(H2,21,22,24). The largest absolute Gasteiger partial charge is 0.468 e. The number of amides is 2. The first kappa shape index (κ1) is 17.7. The van der Waals surface area contributed by atoms with Gasteiger partial charge in [0.15, 0.2) is 6.61 Å². The van der Waals surface area contributed by atoms with Crippen molar-refractivity contribution in [2.75, 3.05) is 13.2 Å². The summed E-state index contributed by atoms with van der Waals surface area (Å²) < 4.78 is 54.5. The van der Waals surface area contributed by atoms with Crippen molar-refractivity contribution in [3.63, 3.8) is 0 Å². The molecule has 3 aliphatic rings. The molecule has 1 aromatic heterocycles. The molecule has 1 atom stereocenters. The van der Waals surface area contributed by atoms with E-state index in [-0.39, 0.29) is 25.1 Å². The predicted molar refractivity (Wildman–Crippen MR) is 77.7 cm³/mol. The lowest BCUT2D eigenvalue weighted by Crippen LogP contribution is -2.77. The highest BCUT2D eigenvalue weighted by Gasteiger charge is 2.70. The van der Waals surface area contributed by atoms with Crippen LogP contribution < -0.4 is 15.4 Å². The van der Waals surface area contributed by atoms with Crippen LogP contribution in [0.4, 0.5) is 22.4 Å². The summed E-state index contributed by atoms with van der Waals surface area (Å²) in [7, 11) is 0. The zero-order chi connectivity index (χ0) is 18.3. The van der Waals surface area contributed by atoms with E-state index < -0.39 is 42.7 Å². The second-order valence-electron chi connectivity index (χ2n) is 6.63. The van der Waals surface area contributed by atoms with Crippen LogP contribution in [0.1, 0.15) is 30.9 Å². The first-order chi connectivity index (χ1) is 11.6. The lowest BCUT2D eigenvalue weighted by Gasteiger charge is -2.65. The topological polar surface area (TPSA) is 83.5 Å². The number of aromatic nitrogens is 1. The Morgan fingerprint density at radius 3 is 2.64 bits per heavy atom. The number of aliphatic hydroxyl groups excluding tert-OH is 1. The van der Waals surface area contributed by atoms with Crippen molar-refractivity contribution < 1.29 is 32.2 Å². The second kappa shape index (κ2) is 6.01. The Morgan fingerprint density at radius 1 is 1.40 bits per heavy atom. The molecule has 138 valence electrons. The van der Waals surface area contributed by atoms with E-state index in [2.05, 4.69) is 20.4 Å². The Labute approximate surface area is 140 Å². The van der Waals surface area contributed by atoms with Gasteiger partial charge in [0.2, 0.25) is 5.88 Å². The minimum Gasteiger partial charge on any atom is -0.468 e. The van der Waals surface area contributed by atoms with Gasteiger partial charge in [-0.15, -0.1) is 0 Å². The normalized spacial score (nSPS) is 28.4. The van der Waals surface area contributed by atoms with Crippen molar-refractivity contribution in [1.29, 1.82) is 0 Å². The average molecular weight is 363 g/mol. The molecule has 1 unspecified atom stereocenters. The third-order valence-electron chi connectivity index (χ3n) is 4.38. The van der Waals surface area contributed by atoms with Crippen LogP contribution in [0.2, 0.25) is 0 Å². The molecule has 6 nitrogen and oxygen atoms in total. The molecule has 2 amide bonds. The summed E-state index contributed by atoms with van der Waals surface area (Å²) in [5.41, 5.74) is -1.33. The molecule has 0 spiro atoms. The van der Waals surface area contributed by atoms with Gasteiger partial charge < -0.3 is 20.5 Å². The van der Waals surface area contributed by atoms with Crippen LogP contribution >= 0.6 is 0 Å². The lowest BCUT2D eigenvalue weighted by atomic mass is 9.47. The monoisotopic (exact) mass is 363 g/mol. The first-order valence-electron chi connectivity index (χ1n) is 7.66. The highest BCUT2D eigenvalue weighted by atomic mass is 19.4. The number of ether oxygens (including phenoxy) is 1. The van der Waals surface area contributed by atoms with E-state index in [1.807, 2.05) is 0 Å². The molecule has 0 aliphatic heterocycles. The van der Waals surface area contributed by atoms with Gasteiger partial charge in [0.25, 0.3) is 0 Å². The highest BCUT2D eigenvalue weighted by Crippen LogP contribution is 2.62. The van der Waals surface area contributed by atoms with Crippen LogP contribution in [0, 0.1) is 0 Å². The zero-order valence-corrected chi connectivity index (χ0v) is 13.1. The molecule has 3 aliphatic carbocycles. The van der Waals surface area contributed by atoms with Crippen molar-refractivity contribution in [2.24, 2.45) is 0 Å². The number of hydrogen-bond donors (Lipinski definition) is 3.